The second kappa shape index (κ2) is 3.99. The summed E-state index contributed by atoms with van der Waals surface area (Å²) in [5.74, 6) is -0.287. The van der Waals surface area contributed by atoms with Gasteiger partial charge in [0.15, 0.2) is 0 Å². The molecule has 0 atom stereocenters. The van der Waals surface area contributed by atoms with Gasteiger partial charge in [0, 0.05) is 14.2 Å². The molecule has 1 saturated heterocycles. The van der Waals surface area contributed by atoms with Gasteiger partial charge in [0.25, 0.3) is 5.91 Å². The van der Waals surface area contributed by atoms with Crippen LogP contribution < -0.4 is 5.32 Å². The van der Waals surface area contributed by atoms with Crippen molar-refractivity contribution in [3.63, 3.8) is 0 Å². The van der Waals surface area contributed by atoms with Crippen molar-refractivity contribution in [1.82, 2.24) is 10.2 Å². The number of carbonyl (C=O) groups excluding carboxylic acids is 2. The molecule has 0 aromatic heterocycles. The summed E-state index contributed by atoms with van der Waals surface area (Å²) in [5, 5.41) is 2.45. The zero-order chi connectivity index (χ0) is 9.84. The van der Waals surface area contributed by atoms with Gasteiger partial charge >= 0.3 is 0 Å². The summed E-state index contributed by atoms with van der Waals surface area (Å²) in [6, 6.07) is 0. The van der Waals surface area contributed by atoms with Crippen molar-refractivity contribution >= 4 is 17.8 Å². The van der Waals surface area contributed by atoms with E-state index in [-0.39, 0.29) is 25.0 Å². The van der Waals surface area contributed by atoms with Gasteiger partial charge in [0.2, 0.25) is 11.9 Å². The summed E-state index contributed by atoms with van der Waals surface area (Å²) in [6.07, 6.45) is 0. The van der Waals surface area contributed by atoms with Crippen LogP contribution in [0.4, 0.5) is 0 Å². The zero-order valence-electron chi connectivity index (χ0n) is 7.53. The second-order valence-corrected chi connectivity index (χ2v) is 2.67. The molecule has 6 nitrogen and oxygen atoms in total. The third kappa shape index (κ3) is 2.51. The molecule has 72 valence electrons. The SMILES string of the molecule is COCC(=O)N=C1NC(=O)CN1C. The lowest BCUT2D eigenvalue weighted by molar-refractivity contribution is -0.121. The molecule has 1 aliphatic rings. The predicted octanol–water partition coefficient (Wildman–Crippen LogP) is -1.42. The van der Waals surface area contributed by atoms with Crippen molar-refractivity contribution in [3.8, 4) is 0 Å². The number of hydrogen-bond donors (Lipinski definition) is 1. The van der Waals surface area contributed by atoms with E-state index in [2.05, 4.69) is 15.0 Å². The fraction of sp³-hybridized carbons (Fsp3) is 0.571. The summed E-state index contributed by atoms with van der Waals surface area (Å²) >= 11 is 0. The van der Waals surface area contributed by atoms with E-state index in [1.165, 1.54) is 7.11 Å². The molecule has 2 amide bonds. The normalized spacial score (nSPS) is 19.4. The summed E-state index contributed by atoms with van der Waals surface area (Å²) < 4.78 is 4.59. The molecule has 1 N–H and O–H groups in total. The smallest absolute Gasteiger partial charge is 0.274 e. The molecule has 0 radical (unpaired) electrons. The Morgan fingerprint density at radius 2 is 2.46 bits per heavy atom. The van der Waals surface area contributed by atoms with Crippen LogP contribution in [0.5, 0.6) is 0 Å². The topological polar surface area (TPSA) is 71.0 Å². The molecule has 1 aliphatic heterocycles. The Kier molecular flexibility index (Phi) is 2.97. The number of methoxy groups -OCH3 is 1. The van der Waals surface area contributed by atoms with E-state index in [1.807, 2.05) is 0 Å². The van der Waals surface area contributed by atoms with Crippen molar-refractivity contribution in [3.05, 3.63) is 0 Å². The van der Waals surface area contributed by atoms with Crippen molar-refractivity contribution in [1.29, 1.82) is 0 Å². The first kappa shape index (κ1) is 9.66. The predicted molar refractivity (Wildman–Crippen MR) is 45.1 cm³/mol. The number of likely N-dealkylation sites (N-methyl/N-ethyl adjacent to an activating group) is 1. The summed E-state index contributed by atoms with van der Waals surface area (Å²) in [4.78, 5) is 27.0. The Balaban J connectivity index is 2.60. The van der Waals surface area contributed by atoms with Gasteiger partial charge in [-0.05, 0) is 0 Å². The zero-order valence-corrected chi connectivity index (χ0v) is 7.53. The molecule has 0 saturated carbocycles. The van der Waals surface area contributed by atoms with Crippen LogP contribution >= 0.6 is 0 Å². The molecule has 0 unspecified atom stereocenters. The monoisotopic (exact) mass is 185 g/mol. The van der Waals surface area contributed by atoms with Crippen LogP contribution in [0, 0.1) is 0 Å². The maximum atomic E-state index is 11.0. The lowest BCUT2D eigenvalue weighted by atomic mass is 10.6. The van der Waals surface area contributed by atoms with Gasteiger partial charge in [-0.2, -0.15) is 4.99 Å². The van der Waals surface area contributed by atoms with E-state index < -0.39 is 5.91 Å². The molecule has 0 aromatic carbocycles. The van der Waals surface area contributed by atoms with E-state index >= 15 is 0 Å². The number of hydrogen-bond acceptors (Lipinski definition) is 3. The highest BCUT2D eigenvalue weighted by Crippen LogP contribution is 1.94. The molecule has 13 heavy (non-hydrogen) atoms. The van der Waals surface area contributed by atoms with Gasteiger partial charge in [-0.1, -0.05) is 0 Å². The maximum Gasteiger partial charge on any atom is 0.274 e. The first-order chi connectivity index (χ1) is 6.13. The van der Waals surface area contributed by atoms with Gasteiger partial charge in [-0.3, -0.25) is 14.9 Å². The number of aliphatic imine (C=N–C) groups is 1. The molecule has 1 fully saturated rings. The van der Waals surface area contributed by atoms with Crippen LogP contribution in [0.15, 0.2) is 4.99 Å². The first-order valence-corrected chi connectivity index (χ1v) is 3.75. The highest BCUT2D eigenvalue weighted by atomic mass is 16.5. The Morgan fingerprint density at radius 1 is 1.77 bits per heavy atom. The lowest BCUT2D eigenvalue weighted by Crippen LogP contribution is -2.28. The number of carbonyl (C=O) groups is 2. The Bertz CT molecular complexity index is 262. The molecular weight excluding hydrogens is 174 g/mol. The molecule has 0 spiro atoms. The van der Waals surface area contributed by atoms with Gasteiger partial charge in [0.1, 0.15) is 6.61 Å². The minimum atomic E-state index is -0.411. The fourth-order valence-electron chi connectivity index (χ4n) is 0.937. The highest BCUT2D eigenvalue weighted by Gasteiger charge is 2.21. The quantitative estimate of drug-likeness (QED) is 0.573. The fourth-order valence-corrected chi connectivity index (χ4v) is 0.937. The van der Waals surface area contributed by atoms with Crippen LogP contribution in [0.2, 0.25) is 0 Å². The average molecular weight is 185 g/mol. The summed E-state index contributed by atoms with van der Waals surface area (Å²) in [6.45, 7) is 0.159. The maximum absolute atomic E-state index is 11.0. The number of ether oxygens (including phenoxy) is 1. The van der Waals surface area contributed by atoms with Gasteiger partial charge < -0.3 is 9.64 Å². The number of rotatable bonds is 2. The van der Waals surface area contributed by atoms with Crippen LogP contribution in [0.1, 0.15) is 0 Å². The van der Waals surface area contributed by atoms with Crippen molar-refractivity contribution < 1.29 is 14.3 Å². The molecule has 1 heterocycles. The largest absolute Gasteiger partial charge is 0.375 e. The molecule has 6 heteroatoms. The van der Waals surface area contributed by atoms with Crippen molar-refractivity contribution in [2.24, 2.45) is 4.99 Å². The van der Waals surface area contributed by atoms with Gasteiger partial charge in [-0.15, -0.1) is 0 Å². The lowest BCUT2D eigenvalue weighted by Gasteiger charge is -2.07. The number of guanidine groups is 1. The molecule has 1 rings (SSSR count). The third-order valence-electron chi connectivity index (χ3n) is 1.49. The van der Waals surface area contributed by atoms with E-state index in [4.69, 9.17) is 0 Å². The molecule has 0 aromatic rings. The highest BCUT2D eigenvalue weighted by molar-refractivity contribution is 6.07. The average Bonchev–Trinajstić information content (AvgIpc) is 2.30. The van der Waals surface area contributed by atoms with E-state index in [0.717, 1.165) is 0 Å². The van der Waals surface area contributed by atoms with Gasteiger partial charge in [0.05, 0.1) is 6.54 Å². The van der Waals surface area contributed by atoms with Crippen LogP contribution in [-0.4, -0.2) is 50.0 Å². The molecular formula is C7H11N3O3. The minimum absolute atomic E-state index is 0.0762. The van der Waals surface area contributed by atoms with E-state index in [9.17, 15) is 9.59 Å². The molecule has 0 bridgehead atoms. The third-order valence-corrected chi connectivity index (χ3v) is 1.49. The van der Waals surface area contributed by atoms with Crippen molar-refractivity contribution in [2.75, 3.05) is 27.3 Å². The Hall–Kier alpha value is -1.43. The van der Waals surface area contributed by atoms with Gasteiger partial charge in [-0.25, -0.2) is 0 Å². The first-order valence-electron chi connectivity index (χ1n) is 3.75. The Morgan fingerprint density at radius 3 is 2.92 bits per heavy atom. The van der Waals surface area contributed by atoms with Crippen molar-refractivity contribution in [2.45, 2.75) is 0 Å². The second-order valence-electron chi connectivity index (χ2n) is 2.67. The number of nitrogens with zero attached hydrogens (tertiary/aromatic N) is 2. The van der Waals surface area contributed by atoms with Crippen LogP contribution in [0.25, 0.3) is 0 Å². The number of nitrogens with one attached hydrogen (secondary N) is 1. The van der Waals surface area contributed by atoms with Crippen LogP contribution in [-0.2, 0) is 14.3 Å². The summed E-state index contributed by atoms with van der Waals surface area (Å²) in [7, 11) is 3.09. The van der Waals surface area contributed by atoms with E-state index in [1.54, 1.807) is 11.9 Å². The minimum Gasteiger partial charge on any atom is -0.375 e. The standard InChI is InChI=1S/C7H11N3O3/c1-10-3-5(11)8-7(10)9-6(12)4-13-2/h3-4H2,1-2H3,(H,8,9,11,12). The number of amides is 2. The molecule has 0 aliphatic carbocycles. The van der Waals surface area contributed by atoms with E-state index in [0.29, 0.717) is 0 Å². The van der Waals surface area contributed by atoms with Crippen LogP contribution in [0.3, 0.4) is 0 Å². The Labute approximate surface area is 75.6 Å². The summed E-state index contributed by atoms with van der Waals surface area (Å²) in [5.41, 5.74) is 0.